The van der Waals surface area contributed by atoms with Gasteiger partial charge in [0.15, 0.2) is 0 Å². The van der Waals surface area contributed by atoms with E-state index < -0.39 is 0 Å². The Morgan fingerprint density at radius 1 is 1.44 bits per heavy atom. The third-order valence-corrected chi connectivity index (χ3v) is 3.34. The lowest BCUT2D eigenvalue weighted by molar-refractivity contribution is -0.128. The van der Waals surface area contributed by atoms with E-state index in [-0.39, 0.29) is 11.9 Å². The number of hydrogen-bond donors (Lipinski definition) is 2. The predicted octanol–water partition coefficient (Wildman–Crippen LogP) is 1.12. The number of hydrazine groups is 1. The summed E-state index contributed by atoms with van der Waals surface area (Å²) in [5.74, 6) is 6.56. The van der Waals surface area contributed by atoms with Crippen molar-refractivity contribution in [3.63, 3.8) is 0 Å². The van der Waals surface area contributed by atoms with Gasteiger partial charge in [0, 0.05) is 13.1 Å². The Morgan fingerprint density at radius 3 is 2.44 bits per heavy atom. The van der Waals surface area contributed by atoms with Crippen molar-refractivity contribution < 1.29 is 4.79 Å². The van der Waals surface area contributed by atoms with Gasteiger partial charge in [0.05, 0.1) is 6.04 Å². The summed E-state index contributed by atoms with van der Waals surface area (Å²) in [6, 6.07) is -0.0415. The van der Waals surface area contributed by atoms with Gasteiger partial charge in [0.2, 0.25) is 0 Å². The molecule has 94 valence electrons. The average Bonchev–Trinajstić information content (AvgIpc) is 2.23. The molecule has 0 spiro atoms. The zero-order valence-electron chi connectivity index (χ0n) is 10.7. The summed E-state index contributed by atoms with van der Waals surface area (Å²) in [6.07, 6.45) is 3.17. The molecule has 0 aliphatic carbocycles. The second-order valence-corrected chi connectivity index (χ2v) is 5.21. The summed E-state index contributed by atoms with van der Waals surface area (Å²) in [5, 5.41) is 0. The Bertz CT molecular complexity index is 222. The molecule has 4 heteroatoms. The molecule has 0 aromatic rings. The standard InChI is InChI=1S/C12H25N3O/c1-4-5-11(12(16)14-13)15-7-9(2)6-10(3)8-15/h9-11H,4-8,13H2,1-3H3,(H,14,16)/t9-,10-,11+/m1/s1. The third-order valence-electron chi connectivity index (χ3n) is 3.34. The van der Waals surface area contributed by atoms with E-state index in [4.69, 9.17) is 5.84 Å². The van der Waals surface area contributed by atoms with Gasteiger partial charge in [-0.15, -0.1) is 0 Å². The van der Waals surface area contributed by atoms with Crippen LogP contribution >= 0.6 is 0 Å². The number of nitrogens with zero attached hydrogens (tertiary/aromatic N) is 1. The Kier molecular flexibility index (Phi) is 5.22. The van der Waals surface area contributed by atoms with Gasteiger partial charge in [0.25, 0.3) is 5.91 Å². The van der Waals surface area contributed by atoms with Crippen molar-refractivity contribution in [3.05, 3.63) is 0 Å². The smallest absolute Gasteiger partial charge is 0.251 e. The molecular formula is C12H25N3O. The van der Waals surface area contributed by atoms with Crippen LogP contribution in [0.2, 0.25) is 0 Å². The first-order valence-corrected chi connectivity index (χ1v) is 6.33. The summed E-state index contributed by atoms with van der Waals surface area (Å²) in [6.45, 7) is 8.65. The number of hydrogen-bond acceptors (Lipinski definition) is 3. The highest BCUT2D eigenvalue weighted by Crippen LogP contribution is 2.24. The minimum Gasteiger partial charge on any atom is -0.293 e. The van der Waals surface area contributed by atoms with Gasteiger partial charge in [-0.1, -0.05) is 27.2 Å². The van der Waals surface area contributed by atoms with Gasteiger partial charge in [-0.05, 0) is 24.7 Å². The fourth-order valence-electron chi connectivity index (χ4n) is 2.81. The molecule has 1 aliphatic rings. The molecule has 0 bridgehead atoms. The third kappa shape index (κ3) is 3.46. The monoisotopic (exact) mass is 227 g/mol. The topological polar surface area (TPSA) is 58.4 Å². The zero-order chi connectivity index (χ0) is 12.1. The van der Waals surface area contributed by atoms with Crippen molar-refractivity contribution in [2.24, 2.45) is 17.7 Å². The zero-order valence-corrected chi connectivity index (χ0v) is 10.7. The maximum absolute atomic E-state index is 11.7. The molecule has 1 amide bonds. The molecule has 0 unspecified atom stereocenters. The van der Waals surface area contributed by atoms with Gasteiger partial charge < -0.3 is 0 Å². The van der Waals surface area contributed by atoms with Crippen molar-refractivity contribution in [3.8, 4) is 0 Å². The van der Waals surface area contributed by atoms with Gasteiger partial charge in [-0.2, -0.15) is 0 Å². The Balaban J connectivity index is 2.65. The van der Waals surface area contributed by atoms with E-state index in [0.717, 1.165) is 25.9 Å². The quantitative estimate of drug-likeness (QED) is 0.430. The molecule has 4 nitrogen and oxygen atoms in total. The Hall–Kier alpha value is -0.610. The summed E-state index contributed by atoms with van der Waals surface area (Å²) in [7, 11) is 0. The average molecular weight is 227 g/mol. The van der Waals surface area contributed by atoms with Gasteiger partial charge in [-0.25, -0.2) is 5.84 Å². The SMILES string of the molecule is CCC[C@@H](C(=O)NN)N1C[C@H](C)C[C@@H](C)C1. The summed E-state index contributed by atoms with van der Waals surface area (Å²) in [5.41, 5.74) is 2.30. The molecule has 1 aliphatic heterocycles. The first kappa shape index (κ1) is 13.5. The van der Waals surface area contributed by atoms with Crippen molar-refractivity contribution in [2.75, 3.05) is 13.1 Å². The number of carbonyl (C=O) groups excluding carboxylic acids is 1. The number of nitrogens with two attached hydrogens (primary N) is 1. The molecule has 0 aromatic heterocycles. The highest BCUT2D eigenvalue weighted by atomic mass is 16.2. The Morgan fingerprint density at radius 2 is 2.00 bits per heavy atom. The van der Waals surface area contributed by atoms with Crippen molar-refractivity contribution in [1.29, 1.82) is 0 Å². The number of carbonyl (C=O) groups is 1. The summed E-state index contributed by atoms with van der Waals surface area (Å²) >= 11 is 0. The van der Waals surface area contributed by atoms with Crippen LogP contribution in [0, 0.1) is 11.8 Å². The van der Waals surface area contributed by atoms with E-state index in [9.17, 15) is 4.79 Å². The number of amides is 1. The number of likely N-dealkylation sites (tertiary alicyclic amines) is 1. The van der Waals surface area contributed by atoms with Crippen LogP contribution in [0.4, 0.5) is 0 Å². The molecule has 16 heavy (non-hydrogen) atoms. The van der Waals surface area contributed by atoms with E-state index in [1.54, 1.807) is 0 Å². The lowest BCUT2D eigenvalue weighted by Crippen LogP contribution is -2.53. The second kappa shape index (κ2) is 6.21. The predicted molar refractivity (Wildman–Crippen MR) is 65.5 cm³/mol. The second-order valence-electron chi connectivity index (χ2n) is 5.21. The minimum absolute atomic E-state index is 0.0387. The van der Waals surface area contributed by atoms with Crippen LogP contribution in [0.3, 0.4) is 0 Å². The number of rotatable bonds is 4. The minimum atomic E-state index is -0.0415. The number of nitrogens with one attached hydrogen (secondary N) is 1. The van der Waals surface area contributed by atoms with Crippen LogP contribution in [0.25, 0.3) is 0 Å². The van der Waals surface area contributed by atoms with Crippen LogP contribution in [0.1, 0.15) is 40.0 Å². The van der Waals surface area contributed by atoms with Crippen LogP contribution in [-0.4, -0.2) is 29.9 Å². The lowest BCUT2D eigenvalue weighted by Gasteiger charge is -2.39. The summed E-state index contributed by atoms with van der Waals surface area (Å²) < 4.78 is 0. The number of piperidine rings is 1. The van der Waals surface area contributed by atoms with Crippen LogP contribution in [0.5, 0.6) is 0 Å². The molecule has 0 radical (unpaired) electrons. The molecule has 1 rings (SSSR count). The van der Waals surface area contributed by atoms with E-state index in [0.29, 0.717) is 11.8 Å². The molecule has 1 heterocycles. The van der Waals surface area contributed by atoms with Crippen LogP contribution in [-0.2, 0) is 4.79 Å². The van der Waals surface area contributed by atoms with E-state index >= 15 is 0 Å². The Labute approximate surface area is 98.5 Å². The highest BCUT2D eigenvalue weighted by molar-refractivity contribution is 5.81. The van der Waals surface area contributed by atoms with Crippen molar-refractivity contribution in [2.45, 2.75) is 46.1 Å². The normalized spacial score (nSPS) is 28.8. The van der Waals surface area contributed by atoms with E-state index in [1.807, 2.05) is 0 Å². The fourth-order valence-corrected chi connectivity index (χ4v) is 2.81. The van der Waals surface area contributed by atoms with Crippen LogP contribution in [0.15, 0.2) is 0 Å². The maximum Gasteiger partial charge on any atom is 0.251 e. The largest absolute Gasteiger partial charge is 0.293 e. The molecule has 0 aromatic carbocycles. The summed E-state index contributed by atoms with van der Waals surface area (Å²) in [4.78, 5) is 14.0. The fraction of sp³-hybridized carbons (Fsp3) is 0.917. The maximum atomic E-state index is 11.7. The van der Waals surface area contributed by atoms with Gasteiger partial charge >= 0.3 is 0 Å². The molecule has 0 saturated carbocycles. The van der Waals surface area contributed by atoms with Crippen molar-refractivity contribution >= 4 is 5.91 Å². The first-order chi connectivity index (χ1) is 7.58. The molecular weight excluding hydrogens is 202 g/mol. The lowest BCUT2D eigenvalue weighted by atomic mass is 9.90. The van der Waals surface area contributed by atoms with Crippen LogP contribution < -0.4 is 11.3 Å². The highest BCUT2D eigenvalue weighted by Gasteiger charge is 2.30. The first-order valence-electron chi connectivity index (χ1n) is 6.33. The van der Waals surface area contributed by atoms with Crippen molar-refractivity contribution in [1.82, 2.24) is 10.3 Å². The molecule has 1 fully saturated rings. The van der Waals surface area contributed by atoms with E-state index in [1.165, 1.54) is 6.42 Å². The van der Waals surface area contributed by atoms with Gasteiger partial charge in [-0.3, -0.25) is 15.1 Å². The molecule has 1 saturated heterocycles. The molecule has 3 N–H and O–H groups in total. The van der Waals surface area contributed by atoms with Gasteiger partial charge in [0.1, 0.15) is 0 Å². The molecule has 3 atom stereocenters. The van der Waals surface area contributed by atoms with E-state index in [2.05, 4.69) is 31.1 Å².